The lowest BCUT2D eigenvalue weighted by Gasteiger charge is -2.15. The van der Waals surface area contributed by atoms with E-state index in [0.717, 1.165) is 23.0 Å². The predicted octanol–water partition coefficient (Wildman–Crippen LogP) is 3.89. The molecule has 2 aromatic carbocycles. The van der Waals surface area contributed by atoms with Gasteiger partial charge in [0.25, 0.3) is 5.91 Å². The molecule has 3 rings (SSSR count). The normalized spacial score (nSPS) is 11.0. The van der Waals surface area contributed by atoms with Gasteiger partial charge in [0.2, 0.25) is 0 Å². The molecule has 6 nitrogen and oxygen atoms in total. The van der Waals surface area contributed by atoms with Crippen molar-refractivity contribution in [3.8, 4) is 0 Å². The molecule has 1 amide bonds. The molecule has 0 aliphatic heterocycles. The van der Waals surface area contributed by atoms with Crippen molar-refractivity contribution in [2.45, 2.75) is 19.6 Å². The zero-order valence-electron chi connectivity index (χ0n) is 16.4. The molecule has 6 heteroatoms. The van der Waals surface area contributed by atoms with Gasteiger partial charge in [-0.25, -0.2) is 4.98 Å². The average Bonchev–Trinajstić information content (AvgIpc) is 2.74. The van der Waals surface area contributed by atoms with Crippen LogP contribution in [-0.2, 0) is 15.9 Å². The van der Waals surface area contributed by atoms with Gasteiger partial charge in [0.05, 0.1) is 17.6 Å². The highest BCUT2D eigenvalue weighted by molar-refractivity contribution is 6.07. The second-order valence-electron chi connectivity index (χ2n) is 6.36. The number of nitrogens with zero attached hydrogens (tertiary/aromatic N) is 1. The Hall–Kier alpha value is -2.96. The van der Waals surface area contributed by atoms with Crippen molar-refractivity contribution in [2.24, 2.45) is 0 Å². The van der Waals surface area contributed by atoms with Gasteiger partial charge in [0, 0.05) is 25.3 Å². The van der Waals surface area contributed by atoms with Gasteiger partial charge in [-0.2, -0.15) is 0 Å². The number of benzene rings is 2. The molecule has 0 unspecified atom stereocenters. The van der Waals surface area contributed by atoms with E-state index >= 15 is 0 Å². The topological polar surface area (TPSA) is 72.5 Å². The number of rotatable bonds is 8. The Morgan fingerprint density at radius 3 is 2.46 bits per heavy atom. The fourth-order valence-corrected chi connectivity index (χ4v) is 2.93. The van der Waals surface area contributed by atoms with Crippen molar-refractivity contribution in [2.75, 3.05) is 26.1 Å². The van der Waals surface area contributed by atoms with Crippen LogP contribution in [-0.4, -0.2) is 37.9 Å². The standard InChI is InChI=1S/C22H25N3O3/c1-4-15-9-11-16(12-10-15)24-20-13-18(17-7-5-6-8-19(17)25-20)22(26)23-14-21(27-2)28-3/h5-13,21H,4,14H2,1-3H3,(H,23,26)(H,24,25). The number of ether oxygens (including phenoxy) is 2. The minimum absolute atomic E-state index is 0.206. The van der Waals surface area contributed by atoms with Crippen molar-refractivity contribution in [1.82, 2.24) is 10.3 Å². The maximum absolute atomic E-state index is 12.8. The first-order valence-corrected chi connectivity index (χ1v) is 9.24. The van der Waals surface area contributed by atoms with Crippen LogP contribution in [0, 0.1) is 0 Å². The summed E-state index contributed by atoms with van der Waals surface area (Å²) in [7, 11) is 3.07. The predicted molar refractivity (Wildman–Crippen MR) is 111 cm³/mol. The molecule has 0 spiro atoms. The Labute approximate surface area is 164 Å². The maximum Gasteiger partial charge on any atom is 0.252 e. The van der Waals surface area contributed by atoms with E-state index in [1.54, 1.807) is 6.07 Å². The molecule has 3 aromatic rings. The summed E-state index contributed by atoms with van der Waals surface area (Å²) in [6.07, 6.45) is 0.495. The number of nitrogens with one attached hydrogen (secondary N) is 2. The Balaban J connectivity index is 1.89. The van der Waals surface area contributed by atoms with Gasteiger partial charge in [-0.3, -0.25) is 4.79 Å². The zero-order valence-corrected chi connectivity index (χ0v) is 16.4. The minimum atomic E-state index is -0.494. The molecule has 0 radical (unpaired) electrons. The zero-order chi connectivity index (χ0) is 19.9. The van der Waals surface area contributed by atoms with Crippen LogP contribution in [0.5, 0.6) is 0 Å². The van der Waals surface area contributed by atoms with E-state index in [9.17, 15) is 4.79 Å². The van der Waals surface area contributed by atoms with E-state index < -0.39 is 6.29 Å². The van der Waals surface area contributed by atoms with E-state index in [-0.39, 0.29) is 12.5 Å². The number of anilines is 2. The van der Waals surface area contributed by atoms with Crippen molar-refractivity contribution >= 4 is 28.3 Å². The third-order valence-corrected chi connectivity index (χ3v) is 4.55. The van der Waals surface area contributed by atoms with Gasteiger partial charge < -0.3 is 20.1 Å². The first kappa shape index (κ1) is 19.8. The van der Waals surface area contributed by atoms with Crippen LogP contribution in [0.15, 0.2) is 54.6 Å². The second-order valence-corrected chi connectivity index (χ2v) is 6.36. The minimum Gasteiger partial charge on any atom is -0.354 e. The molecule has 1 heterocycles. The van der Waals surface area contributed by atoms with Gasteiger partial charge in [0.15, 0.2) is 6.29 Å². The summed E-state index contributed by atoms with van der Waals surface area (Å²) in [4.78, 5) is 17.4. The molecule has 0 fully saturated rings. The fraction of sp³-hybridized carbons (Fsp3) is 0.273. The number of pyridine rings is 1. The molecule has 0 bridgehead atoms. The van der Waals surface area contributed by atoms with E-state index in [1.807, 2.05) is 36.4 Å². The molecule has 0 aliphatic carbocycles. The maximum atomic E-state index is 12.8. The number of carbonyl (C=O) groups excluding carboxylic acids is 1. The Bertz CT molecular complexity index is 937. The summed E-state index contributed by atoms with van der Waals surface area (Å²) >= 11 is 0. The quantitative estimate of drug-likeness (QED) is 0.581. The number of hydrogen-bond donors (Lipinski definition) is 2. The Morgan fingerprint density at radius 1 is 1.07 bits per heavy atom. The van der Waals surface area contributed by atoms with Gasteiger partial charge in [-0.05, 0) is 36.2 Å². The van der Waals surface area contributed by atoms with E-state index in [2.05, 4.69) is 34.7 Å². The summed E-state index contributed by atoms with van der Waals surface area (Å²) in [5.41, 5.74) is 3.48. The van der Waals surface area contributed by atoms with Crippen LogP contribution < -0.4 is 10.6 Å². The molecule has 2 N–H and O–H groups in total. The largest absolute Gasteiger partial charge is 0.354 e. The molecule has 146 valence electrons. The van der Waals surface area contributed by atoms with Gasteiger partial charge in [-0.1, -0.05) is 37.3 Å². The van der Waals surface area contributed by atoms with Crippen LogP contribution in [0.4, 0.5) is 11.5 Å². The van der Waals surface area contributed by atoms with Gasteiger partial charge >= 0.3 is 0 Å². The molecule has 0 atom stereocenters. The number of methoxy groups -OCH3 is 2. The van der Waals surface area contributed by atoms with Crippen molar-refractivity contribution in [1.29, 1.82) is 0 Å². The Kier molecular flexibility index (Phi) is 6.57. The summed E-state index contributed by atoms with van der Waals surface area (Å²) in [6, 6.07) is 17.5. The highest BCUT2D eigenvalue weighted by Crippen LogP contribution is 2.23. The number of para-hydroxylation sites is 1. The highest BCUT2D eigenvalue weighted by atomic mass is 16.7. The average molecular weight is 379 g/mol. The van der Waals surface area contributed by atoms with Crippen molar-refractivity contribution in [3.05, 3.63) is 65.7 Å². The first-order chi connectivity index (χ1) is 13.6. The number of hydrogen-bond acceptors (Lipinski definition) is 5. The molecule has 1 aromatic heterocycles. The summed E-state index contributed by atoms with van der Waals surface area (Å²) < 4.78 is 10.3. The molecular weight excluding hydrogens is 354 g/mol. The van der Waals surface area contributed by atoms with Gasteiger partial charge in [-0.15, -0.1) is 0 Å². The highest BCUT2D eigenvalue weighted by Gasteiger charge is 2.15. The number of carbonyl (C=O) groups is 1. The van der Waals surface area contributed by atoms with Crippen LogP contribution in [0.2, 0.25) is 0 Å². The fourth-order valence-electron chi connectivity index (χ4n) is 2.93. The van der Waals surface area contributed by atoms with E-state index in [4.69, 9.17) is 9.47 Å². The lowest BCUT2D eigenvalue weighted by atomic mass is 10.1. The molecular formula is C22H25N3O3. The molecule has 0 aliphatic rings. The number of aryl methyl sites for hydroxylation is 1. The van der Waals surface area contributed by atoms with E-state index in [0.29, 0.717) is 11.4 Å². The second kappa shape index (κ2) is 9.30. The summed E-state index contributed by atoms with van der Waals surface area (Å²) in [5, 5.41) is 6.93. The number of aromatic nitrogens is 1. The SMILES string of the molecule is CCc1ccc(Nc2cc(C(=O)NCC(OC)OC)c3ccccc3n2)cc1. The van der Waals surface area contributed by atoms with Crippen molar-refractivity contribution < 1.29 is 14.3 Å². The smallest absolute Gasteiger partial charge is 0.252 e. The lowest BCUT2D eigenvalue weighted by Crippen LogP contribution is -2.34. The summed E-state index contributed by atoms with van der Waals surface area (Å²) in [5.74, 6) is 0.408. The van der Waals surface area contributed by atoms with E-state index in [1.165, 1.54) is 19.8 Å². The monoisotopic (exact) mass is 379 g/mol. The lowest BCUT2D eigenvalue weighted by molar-refractivity contribution is -0.0974. The molecule has 0 saturated heterocycles. The molecule has 28 heavy (non-hydrogen) atoms. The summed E-state index contributed by atoms with van der Waals surface area (Å²) in [6.45, 7) is 2.37. The number of fused-ring (bicyclic) bond motifs is 1. The van der Waals surface area contributed by atoms with Crippen LogP contribution in [0.1, 0.15) is 22.8 Å². The van der Waals surface area contributed by atoms with Crippen LogP contribution in [0.25, 0.3) is 10.9 Å². The van der Waals surface area contributed by atoms with Crippen LogP contribution >= 0.6 is 0 Å². The van der Waals surface area contributed by atoms with Gasteiger partial charge in [0.1, 0.15) is 5.82 Å². The Morgan fingerprint density at radius 2 is 1.79 bits per heavy atom. The number of amides is 1. The third kappa shape index (κ3) is 4.65. The first-order valence-electron chi connectivity index (χ1n) is 9.24. The van der Waals surface area contributed by atoms with Crippen LogP contribution in [0.3, 0.4) is 0 Å². The van der Waals surface area contributed by atoms with Crippen molar-refractivity contribution in [3.63, 3.8) is 0 Å². The molecule has 0 saturated carbocycles. The third-order valence-electron chi connectivity index (χ3n) is 4.55.